The van der Waals surface area contributed by atoms with Crippen LogP contribution in [0.1, 0.15) is 12.2 Å². The minimum atomic E-state index is -0.206. The maximum absolute atomic E-state index is 9.55. The van der Waals surface area contributed by atoms with Crippen LogP contribution in [0.25, 0.3) is 10.6 Å². The Morgan fingerprint density at radius 1 is 1.53 bits per heavy atom. The Kier molecular flexibility index (Phi) is 2.11. The molecule has 4 heteroatoms. The topological polar surface area (TPSA) is 38.1 Å². The first kappa shape index (κ1) is 9.12. The van der Waals surface area contributed by atoms with E-state index >= 15 is 0 Å². The molecule has 0 saturated heterocycles. The second-order valence-corrected chi connectivity index (χ2v) is 4.81. The van der Waals surface area contributed by atoms with Gasteiger partial charge in [-0.2, -0.15) is 0 Å². The summed E-state index contributed by atoms with van der Waals surface area (Å²) in [5.41, 5.74) is 1.04. The first-order chi connectivity index (χ1) is 7.33. The van der Waals surface area contributed by atoms with E-state index in [4.69, 9.17) is 0 Å². The molecule has 1 unspecified atom stereocenters. The van der Waals surface area contributed by atoms with Crippen molar-refractivity contribution in [2.24, 2.45) is 0 Å². The fourth-order valence-corrected chi connectivity index (χ4v) is 2.65. The SMILES string of the molecule is OC1CCc2nc(-c3cccs3)cn2C1. The van der Waals surface area contributed by atoms with Crippen LogP contribution in [0.3, 0.4) is 0 Å². The highest BCUT2D eigenvalue weighted by molar-refractivity contribution is 7.13. The molecule has 1 aliphatic rings. The van der Waals surface area contributed by atoms with Gasteiger partial charge in [-0.1, -0.05) is 6.07 Å². The fourth-order valence-electron chi connectivity index (χ4n) is 1.97. The van der Waals surface area contributed by atoms with E-state index < -0.39 is 0 Å². The van der Waals surface area contributed by atoms with Crippen molar-refractivity contribution >= 4 is 11.3 Å². The quantitative estimate of drug-likeness (QED) is 0.797. The van der Waals surface area contributed by atoms with E-state index in [0.29, 0.717) is 6.54 Å². The van der Waals surface area contributed by atoms with Crippen LogP contribution in [0.4, 0.5) is 0 Å². The molecule has 0 aliphatic carbocycles. The Morgan fingerprint density at radius 2 is 2.47 bits per heavy atom. The molecule has 3 rings (SSSR count). The molecule has 1 N–H and O–H groups in total. The fraction of sp³-hybridized carbons (Fsp3) is 0.364. The molecule has 0 radical (unpaired) electrons. The van der Waals surface area contributed by atoms with Gasteiger partial charge in [0.05, 0.1) is 16.7 Å². The molecule has 3 heterocycles. The van der Waals surface area contributed by atoms with Gasteiger partial charge < -0.3 is 9.67 Å². The van der Waals surface area contributed by atoms with Crippen molar-refractivity contribution in [1.82, 2.24) is 9.55 Å². The van der Waals surface area contributed by atoms with Gasteiger partial charge >= 0.3 is 0 Å². The van der Waals surface area contributed by atoms with E-state index in [1.165, 1.54) is 4.88 Å². The van der Waals surface area contributed by atoms with Gasteiger partial charge in [0.2, 0.25) is 0 Å². The van der Waals surface area contributed by atoms with Crippen LogP contribution in [-0.2, 0) is 13.0 Å². The predicted octanol–water partition coefficient (Wildman–Crippen LogP) is 1.92. The third-order valence-corrected chi connectivity index (χ3v) is 3.63. The van der Waals surface area contributed by atoms with Crippen LogP contribution in [0.5, 0.6) is 0 Å². The molecule has 0 bridgehead atoms. The molecule has 0 saturated carbocycles. The van der Waals surface area contributed by atoms with Crippen molar-refractivity contribution in [3.8, 4) is 10.6 Å². The van der Waals surface area contributed by atoms with Gasteiger partial charge in [-0.3, -0.25) is 0 Å². The lowest BCUT2D eigenvalue weighted by atomic mass is 10.1. The zero-order chi connectivity index (χ0) is 10.3. The van der Waals surface area contributed by atoms with Crippen LogP contribution >= 0.6 is 11.3 Å². The van der Waals surface area contributed by atoms with Crippen molar-refractivity contribution < 1.29 is 5.11 Å². The number of rotatable bonds is 1. The van der Waals surface area contributed by atoms with Crippen molar-refractivity contribution in [1.29, 1.82) is 0 Å². The van der Waals surface area contributed by atoms with E-state index in [0.717, 1.165) is 24.4 Å². The molecule has 1 aliphatic heterocycles. The van der Waals surface area contributed by atoms with Crippen molar-refractivity contribution in [3.05, 3.63) is 29.5 Å². The molecule has 0 fully saturated rings. The van der Waals surface area contributed by atoms with Gasteiger partial charge in [-0.25, -0.2) is 4.98 Å². The summed E-state index contributed by atoms with van der Waals surface area (Å²) in [4.78, 5) is 5.79. The lowest BCUT2D eigenvalue weighted by Crippen LogP contribution is -2.23. The van der Waals surface area contributed by atoms with Gasteiger partial charge in [0.1, 0.15) is 5.82 Å². The average Bonchev–Trinajstić information content (AvgIpc) is 2.84. The minimum absolute atomic E-state index is 0.206. The normalized spacial score (nSPS) is 20.2. The molecule has 15 heavy (non-hydrogen) atoms. The van der Waals surface area contributed by atoms with Gasteiger partial charge in [-0.15, -0.1) is 11.3 Å². The van der Waals surface area contributed by atoms with Crippen LogP contribution in [0.2, 0.25) is 0 Å². The molecular formula is C11H12N2OS. The zero-order valence-electron chi connectivity index (χ0n) is 8.26. The molecule has 1 atom stereocenters. The van der Waals surface area contributed by atoms with Crippen molar-refractivity contribution in [2.75, 3.05) is 0 Å². The summed E-state index contributed by atoms with van der Waals surface area (Å²) in [5.74, 6) is 1.10. The summed E-state index contributed by atoms with van der Waals surface area (Å²) >= 11 is 1.70. The lowest BCUT2D eigenvalue weighted by Gasteiger charge is -2.18. The standard InChI is InChI=1S/C11H12N2OS/c14-8-3-4-11-12-9(7-13(11)6-8)10-2-1-5-15-10/h1-2,5,7-8,14H,3-4,6H2. The van der Waals surface area contributed by atoms with Crippen LogP contribution in [-0.4, -0.2) is 20.8 Å². The molecule has 0 amide bonds. The van der Waals surface area contributed by atoms with Crippen molar-refractivity contribution in [3.63, 3.8) is 0 Å². The Bertz CT molecular complexity index is 461. The van der Waals surface area contributed by atoms with Gasteiger partial charge in [0.25, 0.3) is 0 Å². The summed E-state index contributed by atoms with van der Waals surface area (Å²) in [7, 11) is 0. The monoisotopic (exact) mass is 220 g/mol. The van der Waals surface area contributed by atoms with Crippen LogP contribution in [0, 0.1) is 0 Å². The number of nitrogens with zero attached hydrogens (tertiary/aromatic N) is 2. The van der Waals surface area contributed by atoms with E-state index in [9.17, 15) is 5.11 Å². The smallest absolute Gasteiger partial charge is 0.109 e. The summed E-state index contributed by atoms with van der Waals surface area (Å²) < 4.78 is 2.07. The first-order valence-electron chi connectivity index (χ1n) is 5.11. The Labute approximate surface area is 92.0 Å². The highest BCUT2D eigenvalue weighted by Gasteiger charge is 2.18. The number of imidazole rings is 1. The second-order valence-electron chi connectivity index (χ2n) is 3.86. The van der Waals surface area contributed by atoms with E-state index in [2.05, 4.69) is 21.0 Å². The number of aliphatic hydroxyl groups is 1. The maximum atomic E-state index is 9.55. The van der Waals surface area contributed by atoms with Gasteiger partial charge in [0, 0.05) is 19.2 Å². The summed E-state index contributed by atoms with van der Waals surface area (Å²) in [6, 6.07) is 4.11. The van der Waals surface area contributed by atoms with E-state index in [1.54, 1.807) is 11.3 Å². The highest BCUT2D eigenvalue weighted by atomic mass is 32.1. The zero-order valence-corrected chi connectivity index (χ0v) is 9.07. The molecule has 2 aromatic rings. The number of aromatic nitrogens is 2. The Morgan fingerprint density at radius 3 is 3.27 bits per heavy atom. The van der Waals surface area contributed by atoms with Crippen molar-refractivity contribution in [2.45, 2.75) is 25.5 Å². The Balaban J connectivity index is 2.00. The van der Waals surface area contributed by atoms with Crippen LogP contribution < -0.4 is 0 Å². The molecule has 78 valence electrons. The number of fused-ring (bicyclic) bond motifs is 1. The number of hydrogen-bond donors (Lipinski definition) is 1. The lowest BCUT2D eigenvalue weighted by molar-refractivity contribution is 0.130. The van der Waals surface area contributed by atoms with Gasteiger partial charge in [0.15, 0.2) is 0 Å². The molecule has 2 aromatic heterocycles. The summed E-state index contributed by atoms with van der Waals surface area (Å²) in [6.45, 7) is 0.688. The Hall–Kier alpha value is -1.13. The van der Waals surface area contributed by atoms with E-state index in [-0.39, 0.29) is 6.10 Å². The largest absolute Gasteiger partial charge is 0.391 e. The number of aryl methyl sites for hydroxylation is 1. The average molecular weight is 220 g/mol. The molecule has 0 aromatic carbocycles. The first-order valence-corrected chi connectivity index (χ1v) is 5.99. The highest BCUT2D eigenvalue weighted by Crippen LogP contribution is 2.26. The number of hydrogen-bond acceptors (Lipinski definition) is 3. The molecular weight excluding hydrogens is 208 g/mol. The third kappa shape index (κ3) is 1.60. The second kappa shape index (κ2) is 3.47. The molecule has 3 nitrogen and oxygen atoms in total. The number of aliphatic hydroxyl groups excluding tert-OH is 1. The van der Waals surface area contributed by atoms with E-state index in [1.807, 2.05) is 12.3 Å². The maximum Gasteiger partial charge on any atom is 0.109 e. The molecule has 0 spiro atoms. The third-order valence-electron chi connectivity index (χ3n) is 2.74. The van der Waals surface area contributed by atoms with Crippen LogP contribution in [0.15, 0.2) is 23.7 Å². The number of thiophene rings is 1. The summed E-state index contributed by atoms with van der Waals surface area (Å²) in [5, 5.41) is 11.6. The van der Waals surface area contributed by atoms with Gasteiger partial charge in [-0.05, 0) is 17.9 Å². The minimum Gasteiger partial charge on any atom is -0.391 e. The predicted molar refractivity (Wildman–Crippen MR) is 59.9 cm³/mol. The summed E-state index contributed by atoms with van der Waals surface area (Å²) in [6.07, 6.45) is 3.56.